The normalized spacial score (nSPS) is 11.7. The van der Waals surface area contributed by atoms with Gasteiger partial charge in [-0.25, -0.2) is 0 Å². The van der Waals surface area contributed by atoms with Gasteiger partial charge in [-0.05, 0) is 44.4 Å². The maximum atomic E-state index is 12.1. The third kappa shape index (κ3) is 4.02. The molecule has 0 aliphatic rings. The molecule has 6 nitrogen and oxygen atoms in total. The summed E-state index contributed by atoms with van der Waals surface area (Å²) in [6, 6.07) is 7.62. The highest BCUT2D eigenvalue weighted by molar-refractivity contribution is 5.99. The van der Waals surface area contributed by atoms with Gasteiger partial charge in [0.25, 0.3) is 11.8 Å². The van der Waals surface area contributed by atoms with E-state index >= 15 is 0 Å². The second kappa shape index (κ2) is 7.88. The fourth-order valence-electron chi connectivity index (χ4n) is 2.92. The standard InChI is InChI=1S/C19H25N3O3/c1-6-21-18(23)14-10-15(17(22-14)19(24)20-5)25-13(4)16-11(2)8-7-9-12(16)3/h7-10,13,22H,6H2,1-5H3,(H,20,24)(H,21,23)/t13-/m0/s1. The van der Waals surface area contributed by atoms with Crippen molar-refractivity contribution in [2.75, 3.05) is 13.6 Å². The van der Waals surface area contributed by atoms with Crippen LogP contribution in [-0.4, -0.2) is 30.4 Å². The van der Waals surface area contributed by atoms with Crippen molar-refractivity contribution < 1.29 is 14.3 Å². The topological polar surface area (TPSA) is 83.2 Å². The summed E-state index contributed by atoms with van der Waals surface area (Å²) in [5.41, 5.74) is 3.85. The molecule has 6 heteroatoms. The molecule has 0 saturated heterocycles. The number of H-pyrrole nitrogens is 1. The lowest BCUT2D eigenvalue weighted by molar-refractivity contribution is 0.0951. The fourth-order valence-corrected chi connectivity index (χ4v) is 2.92. The number of aromatic amines is 1. The fraction of sp³-hybridized carbons (Fsp3) is 0.368. The molecule has 0 aliphatic heterocycles. The summed E-state index contributed by atoms with van der Waals surface area (Å²) >= 11 is 0. The Hall–Kier alpha value is -2.76. The lowest BCUT2D eigenvalue weighted by Gasteiger charge is -2.19. The summed E-state index contributed by atoms with van der Waals surface area (Å²) in [6.07, 6.45) is -0.262. The molecular weight excluding hydrogens is 318 g/mol. The molecule has 3 N–H and O–H groups in total. The van der Waals surface area contributed by atoms with E-state index in [0.717, 1.165) is 16.7 Å². The molecule has 0 radical (unpaired) electrons. The van der Waals surface area contributed by atoms with Crippen LogP contribution in [0.15, 0.2) is 24.3 Å². The van der Waals surface area contributed by atoms with Gasteiger partial charge in [-0.1, -0.05) is 18.2 Å². The first-order chi connectivity index (χ1) is 11.9. The average molecular weight is 343 g/mol. The molecule has 25 heavy (non-hydrogen) atoms. The minimum Gasteiger partial charge on any atom is -0.484 e. The number of hydrogen-bond donors (Lipinski definition) is 3. The van der Waals surface area contributed by atoms with Gasteiger partial charge in [0, 0.05) is 19.7 Å². The first kappa shape index (κ1) is 18.6. The molecule has 0 saturated carbocycles. The van der Waals surface area contributed by atoms with Crippen LogP contribution in [0.5, 0.6) is 5.75 Å². The van der Waals surface area contributed by atoms with Crippen LogP contribution in [0.2, 0.25) is 0 Å². The Morgan fingerprint density at radius 1 is 1.20 bits per heavy atom. The Balaban J connectivity index is 2.37. The van der Waals surface area contributed by atoms with Gasteiger partial charge >= 0.3 is 0 Å². The van der Waals surface area contributed by atoms with Crippen molar-refractivity contribution in [2.45, 2.75) is 33.8 Å². The summed E-state index contributed by atoms with van der Waals surface area (Å²) in [5.74, 6) is -0.253. The van der Waals surface area contributed by atoms with Crippen LogP contribution in [0.4, 0.5) is 0 Å². The van der Waals surface area contributed by atoms with Gasteiger partial charge in [0.05, 0.1) is 0 Å². The molecule has 1 aromatic carbocycles. The lowest BCUT2D eigenvalue weighted by atomic mass is 9.99. The van der Waals surface area contributed by atoms with E-state index in [-0.39, 0.29) is 23.6 Å². The smallest absolute Gasteiger partial charge is 0.271 e. The third-order valence-electron chi connectivity index (χ3n) is 4.07. The molecule has 0 fully saturated rings. The highest BCUT2D eigenvalue weighted by Gasteiger charge is 2.22. The third-order valence-corrected chi connectivity index (χ3v) is 4.07. The molecular formula is C19H25N3O3. The Bertz CT molecular complexity index is 760. The second-order valence-corrected chi connectivity index (χ2v) is 5.93. The number of aromatic nitrogens is 1. The Morgan fingerprint density at radius 2 is 1.84 bits per heavy atom. The molecule has 1 atom stereocenters. The summed E-state index contributed by atoms with van der Waals surface area (Å²) in [5, 5.41) is 5.26. The van der Waals surface area contributed by atoms with Crippen LogP contribution in [0.1, 0.15) is 57.6 Å². The highest BCUT2D eigenvalue weighted by Crippen LogP contribution is 2.29. The Morgan fingerprint density at radius 3 is 2.40 bits per heavy atom. The van der Waals surface area contributed by atoms with Crippen molar-refractivity contribution in [3.8, 4) is 5.75 Å². The summed E-state index contributed by atoms with van der Waals surface area (Å²) in [4.78, 5) is 27.0. The lowest BCUT2D eigenvalue weighted by Crippen LogP contribution is -2.23. The van der Waals surface area contributed by atoms with E-state index in [4.69, 9.17) is 4.74 Å². The number of carbonyl (C=O) groups excluding carboxylic acids is 2. The summed E-state index contributed by atoms with van der Waals surface area (Å²) in [6.45, 7) is 8.32. The molecule has 1 aromatic heterocycles. The predicted molar refractivity (Wildman–Crippen MR) is 97.1 cm³/mol. The van der Waals surface area contributed by atoms with Gasteiger partial charge in [-0.15, -0.1) is 0 Å². The summed E-state index contributed by atoms with van der Waals surface area (Å²) < 4.78 is 6.05. The molecule has 0 unspecified atom stereocenters. The van der Waals surface area contributed by atoms with Gasteiger partial charge in [-0.2, -0.15) is 0 Å². The van der Waals surface area contributed by atoms with E-state index in [1.165, 1.54) is 7.05 Å². The monoisotopic (exact) mass is 343 g/mol. The van der Waals surface area contributed by atoms with Crippen LogP contribution >= 0.6 is 0 Å². The Kier molecular flexibility index (Phi) is 5.85. The minimum absolute atomic E-state index is 0.238. The van der Waals surface area contributed by atoms with Crippen LogP contribution in [0, 0.1) is 13.8 Å². The van der Waals surface area contributed by atoms with Crippen molar-refractivity contribution in [1.29, 1.82) is 0 Å². The zero-order valence-corrected chi connectivity index (χ0v) is 15.3. The second-order valence-electron chi connectivity index (χ2n) is 5.93. The molecule has 2 aromatic rings. The van der Waals surface area contributed by atoms with E-state index in [1.54, 1.807) is 6.07 Å². The summed E-state index contributed by atoms with van der Waals surface area (Å²) in [7, 11) is 1.54. The van der Waals surface area contributed by atoms with E-state index in [1.807, 2.05) is 45.9 Å². The molecule has 0 spiro atoms. The van der Waals surface area contributed by atoms with Crippen LogP contribution in [-0.2, 0) is 0 Å². The maximum Gasteiger partial charge on any atom is 0.271 e. The van der Waals surface area contributed by atoms with E-state index < -0.39 is 0 Å². The predicted octanol–water partition coefficient (Wildman–Crippen LogP) is 2.88. The molecule has 0 bridgehead atoms. The number of nitrogens with one attached hydrogen (secondary N) is 3. The number of amides is 2. The van der Waals surface area contributed by atoms with E-state index in [9.17, 15) is 9.59 Å². The zero-order valence-electron chi connectivity index (χ0n) is 15.3. The highest BCUT2D eigenvalue weighted by atomic mass is 16.5. The molecule has 0 aliphatic carbocycles. The van der Waals surface area contributed by atoms with E-state index in [2.05, 4.69) is 15.6 Å². The van der Waals surface area contributed by atoms with Gasteiger partial charge in [0.15, 0.2) is 5.75 Å². The number of aryl methyl sites for hydroxylation is 2. The number of benzene rings is 1. The zero-order chi connectivity index (χ0) is 18.6. The quantitative estimate of drug-likeness (QED) is 0.754. The van der Waals surface area contributed by atoms with Gasteiger partial charge in [0.1, 0.15) is 17.5 Å². The van der Waals surface area contributed by atoms with Crippen molar-refractivity contribution in [3.63, 3.8) is 0 Å². The molecule has 134 valence electrons. The van der Waals surface area contributed by atoms with Crippen LogP contribution < -0.4 is 15.4 Å². The van der Waals surface area contributed by atoms with Gasteiger partial charge < -0.3 is 20.4 Å². The number of carbonyl (C=O) groups is 2. The first-order valence-corrected chi connectivity index (χ1v) is 8.35. The molecule has 2 rings (SSSR count). The Labute approximate surface area is 148 Å². The SMILES string of the molecule is CCNC(=O)c1cc(O[C@@H](C)c2c(C)cccc2C)c(C(=O)NC)[nH]1. The number of rotatable bonds is 6. The van der Waals surface area contributed by atoms with Crippen LogP contribution in [0.25, 0.3) is 0 Å². The minimum atomic E-state index is -0.334. The average Bonchev–Trinajstić information content (AvgIpc) is 2.98. The van der Waals surface area contributed by atoms with Crippen molar-refractivity contribution in [2.24, 2.45) is 0 Å². The number of hydrogen-bond acceptors (Lipinski definition) is 3. The van der Waals surface area contributed by atoms with Crippen molar-refractivity contribution in [1.82, 2.24) is 15.6 Å². The van der Waals surface area contributed by atoms with Crippen molar-refractivity contribution in [3.05, 3.63) is 52.3 Å². The van der Waals surface area contributed by atoms with Gasteiger partial charge in [-0.3, -0.25) is 9.59 Å². The maximum absolute atomic E-state index is 12.1. The largest absolute Gasteiger partial charge is 0.484 e. The van der Waals surface area contributed by atoms with Crippen LogP contribution in [0.3, 0.4) is 0 Å². The van der Waals surface area contributed by atoms with E-state index in [0.29, 0.717) is 18.0 Å². The number of ether oxygens (including phenoxy) is 1. The molecule has 1 heterocycles. The first-order valence-electron chi connectivity index (χ1n) is 8.35. The van der Waals surface area contributed by atoms with Gasteiger partial charge in [0.2, 0.25) is 0 Å². The van der Waals surface area contributed by atoms with Crippen molar-refractivity contribution >= 4 is 11.8 Å². The molecule has 2 amide bonds.